The van der Waals surface area contributed by atoms with Crippen molar-refractivity contribution in [3.63, 3.8) is 0 Å². The van der Waals surface area contributed by atoms with E-state index >= 15 is 0 Å². The van der Waals surface area contributed by atoms with E-state index in [0.29, 0.717) is 12.0 Å². The van der Waals surface area contributed by atoms with Gasteiger partial charge >= 0.3 is 0 Å². The molecule has 0 unspecified atom stereocenters. The highest BCUT2D eigenvalue weighted by Gasteiger charge is 2.42. The lowest BCUT2D eigenvalue weighted by atomic mass is 9.87. The molecule has 6 heteroatoms. The smallest absolute Gasteiger partial charge is 0.222 e. The standard InChI is InChI=1S/C19H25N5O/c1-15-4-2-5-16(22-15)13-24-10-6-19(7-11-24)12-17(14-25-19)23-18-20-8-3-9-21-18/h2-5,8-9,17H,6-7,10-14H2,1H3,(H,20,21,23)/t17-/m0/s1. The van der Waals surface area contributed by atoms with Crippen LogP contribution in [-0.2, 0) is 11.3 Å². The number of pyridine rings is 1. The second kappa shape index (κ2) is 7.06. The fourth-order valence-corrected chi connectivity index (χ4v) is 3.88. The summed E-state index contributed by atoms with van der Waals surface area (Å²) >= 11 is 0. The molecule has 2 aromatic heterocycles. The van der Waals surface area contributed by atoms with Crippen LogP contribution < -0.4 is 5.32 Å². The number of nitrogens with zero attached hydrogens (tertiary/aromatic N) is 4. The lowest BCUT2D eigenvalue weighted by molar-refractivity contribution is -0.0449. The van der Waals surface area contributed by atoms with Crippen molar-refractivity contribution in [1.82, 2.24) is 19.9 Å². The molecule has 2 fully saturated rings. The van der Waals surface area contributed by atoms with Gasteiger partial charge in [-0.3, -0.25) is 9.88 Å². The Morgan fingerprint density at radius 1 is 1.20 bits per heavy atom. The summed E-state index contributed by atoms with van der Waals surface area (Å²) in [5, 5.41) is 3.40. The van der Waals surface area contributed by atoms with Gasteiger partial charge in [-0.2, -0.15) is 0 Å². The molecule has 0 saturated carbocycles. The number of rotatable bonds is 4. The van der Waals surface area contributed by atoms with E-state index in [1.807, 2.05) is 19.1 Å². The lowest BCUT2D eigenvalue weighted by Crippen LogP contribution is -2.44. The monoisotopic (exact) mass is 339 g/mol. The molecule has 2 aliphatic rings. The minimum absolute atomic E-state index is 0.0168. The Hall–Kier alpha value is -2.05. The molecule has 2 saturated heterocycles. The molecule has 2 aromatic rings. The maximum Gasteiger partial charge on any atom is 0.222 e. The van der Waals surface area contributed by atoms with Crippen LogP contribution in [0.4, 0.5) is 5.95 Å². The zero-order chi connectivity index (χ0) is 17.1. The van der Waals surface area contributed by atoms with Gasteiger partial charge in [-0.15, -0.1) is 0 Å². The molecule has 0 aromatic carbocycles. The van der Waals surface area contributed by atoms with Crippen molar-refractivity contribution in [3.05, 3.63) is 48.0 Å². The number of hydrogen-bond acceptors (Lipinski definition) is 6. The molecular formula is C19H25N5O. The van der Waals surface area contributed by atoms with E-state index in [0.717, 1.165) is 56.9 Å². The molecule has 0 bridgehead atoms. The minimum Gasteiger partial charge on any atom is -0.373 e. The van der Waals surface area contributed by atoms with Crippen molar-refractivity contribution in [2.45, 2.75) is 44.4 Å². The third-order valence-corrected chi connectivity index (χ3v) is 5.21. The maximum absolute atomic E-state index is 6.22. The Morgan fingerprint density at radius 3 is 2.76 bits per heavy atom. The van der Waals surface area contributed by atoms with Crippen molar-refractivity contribution < 1.29 is 4.74 Å². The van der Waals surface area contributed by atoms with Gasteiger partial charge in [0.1, 0.15) is 0 Å². The normalized spacial score (nSPS) is 23.0. The first-order chi connectivity index (χ1) is 12.2. The SMILES string of the molecule is Cc1cccc(CN2CCC3(CC2)C[C@H](Nc2ncccn2)CO3)n1. The number of piperidine rings is 1. The van der Waals surface area contributed by atoms with Crippen LogP contribution >= 0.6 is 0 Å². The molecule has 4 heterocycles. The summed E-state index contributed by atoms with van der Waals surface area (Å²) in [7, 11) is 0. The van der Waals surface area contributed by atoms with Gasteiger partial charge in [0.15, 0.2) is 0 Å². The molecule has 1 N–H and O–H groups in total. The molecule has 6 nitrogen and oxygen atoms in total. The highest BCUT2D eigenvalue weighted by molar-refractivity contribution is 5.25. The van der Waals surface area contributed by atoms with Crippen molar-refractivity contribution >= 4 is 5.95 Å². The summed E-state index contributed by atoms with van der Waals surface area (Å²) in [5.74, 6) is 0.691. The number of ether oxygens (including phenoxy) is 1. The average molecular weight is 339 g/mol. The maximum atomic E-state index is 6.22. The molecule has 25 heavy (non-hydrogen) atoms. The van der Waals surface area contributed by atoms with E-state index in [9.17, 15) is 0 Å². The third kappa shape index (κ3) is 3.96. The zero-order valence-corrected chi connectivity index (χ0v) is 14.7. The summed E-state index contributed by atoms with van der Waals surface area (Å²) in [6.45, 7) is 5.83. The molecule has 4 rings (SSSR count). The van der Waals surface area contributed by atoms with E-state index in [2.05, 4.69) is 37.3 Å². The molecule has 2 aliphatic heterocycles. The average Bonchev–Trinajstić information content (AvgIpc) is 3.01. The Bertz CT molecular complexity index is 700. The molecule has 132 valence electrons. The number of nitrogens with one attached hydrogen (secondary N) is 1. The van der Waals surface area contributed by atoms with E-state index in [4.69, 9.17) is 4.74 Å². The lowest BCUT2D eigenvalue weighted by Gasteiger charge is -2.38. The summed E-state index contributed by atoms with van der Waals surface area (Å²) in [6, 6.07) is 8.38. The Balaban J connectivity index is 1.29. The Kier molecular flexibility index (Phi) is 4.63. The summed E-state index contributed by atoms with van der Waals surface area (Å²) in [4.78, 5) is 15.6. The fraction of sp³-hybridized carbons (Fsp3) is 0.526. The molecule has 0 aliphatic carbocycles. The predicted molar refractivity (Wildman–Crippen MR) is 96.2 cm³/mol. The number of aryl methyl sites for hydroxylation is 1. The Labute approximate surface area is 148 Å². The van der Waals surface area contributed by atoms with Crippen LogP contribution in [0.2, 0.25) is 0 Å². The Morgan fingerprint density at radius 2 is 2.00 bits per heavy atom. The minimum atomic E-state index is 0.0168. The van der Waals surface area contributed by atoms with Crippen LogP contribution in [0, 0.1) is 6.92 Å². The largest absolute Gasteiger partial charge is 0.373 e. The van der Waals surface area contributed by atoms with Crippen LogP contribution in [0.25, 0.3) is 0 Å². The van der Waals surface area contributed by atoms with Gasteiger partial charge in [-0.25, -0.2) is 9.97 Å². The topological polar surface area (TPSA) is 63.2 Å². The van der Waals surface area contributed by atoms with E-state index in [-0.39, 0.29) is 5.60 Å². The van der Waals surface area contributed by atoms with Gasteiger partial charge in [-0.05, 0) is 44.4 Å². The molecule has 1 spiro atoms. The number of hydrogen-bond donors (Lipinski definition) is 1. The number of anilines is 1. The molecule has 0 amide bonds. The van der Waals surface area contributed by atoms with Gasteiger partial charge in [0.05, 0.1) is 23.9 Å². The second-order valence-electron chi connectivity index (χ2n) is 7.16. The summed E-state index contributed by atoms with van der Waals surface area (Å²) in [6.07, 6.45) is 6.71. The van der Waals surface area contributed by atoms with Crippen molar-refractivity contribution in [2.75, 3.05) is 25.0 Å². The second-order valence-corrected chi connectivity index (χ2v) is 7.16. The van der Waals surface area contributed by atoms with Gasteiger partial charge in [0, 0.05) is 37.7 Å². The first-order valence-electron chi connectivity index (χ1n) is 9.03. The highest BCUT2D eigenvalue weighted by Crippen LogP contribution is 2.36. The summed E-state index contributed by atoms with van der Waals surface area (Å²) in [5.41, 5.74) is 2.26. The van der Waals surface area contributed by atoms with Crippen molar-refractivity contribution in [3.8, 4) is 0 Å². The number of aromatic nitrogens is 3. The highest BCUT2D eigenvalue weighted by atomic mass is 16.5. The fourth-order valence-electron chi connectivity index (χ4n) is 3.88. The van der Waals surface area contributed by atoms with Crippen LogP contribution in [0.15, 0.2) is 36.7 Å². The van der Waals surface area contributed by atoms with Crippen molar-refractivity contribution in [2.24, 2.45) is 0 Å². The molecular weight excluding hydrogens is 314 g/mol. The summed E-state index contributed by atoms with van der Waals surface area (Å²) < 4.78 is 6.22. The van der Waals surface area contributed by atoms with Gasteiger partial charge in [-0.1, -0.05) is 6.07 Å². The first kappa shape index (κ1) is 16.4. The predicted octanol–water partition coefficient (Wildman–Crippen LogP) is 2.42. The first-order valence-corrected chi connectivity index (χ1v) is 9.03. The van der Waals surface area contributed by atoms with Crippen molar-refractivity contribution in [1.29, 1.82) is 0 Å². The van der Waals surface area contributed by atoms with Crippen LogP contribution in [0.1, 0.15) is 30.7 Å². The van der Waals surface area contributed by atoms with Crippen LogP contribution in [-0.4, -0.2) is 51.2 Å². The third-order valence-electron chi connectivity index (χ3n) is 5.21. The number of likely N-dealkylation sites (tertiary alicyclic amines) is 1. The zero-order valence-electron chi connectivity index (χ0n) is 14.7. The van der Waals surface area contributed by atoms with Gasteiger partial charge in [0.25, 0.3) is 0 Å². The molecule has 1 atom stereocenters. The quantitative estimate of drug-likeness (QED) is 0.923. The van der Waals surface area contributed by atoms with E-state index in [1.165, 1.54) is 0 Å². The molecule has 0 radical (unpaired) electrons. The van der Waals surface area contributed by atoms with Gasteiger partial charge in [0.2, 0.25) is 5.95 Å². The van der Waals surface area contributed by atoms with Crippen LogP contribution in [0.5, 0.6) is 0 Å². The van der Waals surface area contributed by atoms with E-state index in [1.54, 1.807) is 12.4 Å². The van der Waals surface area contributed by atoms with Crippen LogP contribution in [0.3, 0.4) is 0 Å². The van der Waals surface area contributed by atoms with Gasteiger partial charge < -0.3 is 10.1 Å². The van der Waals surface area contributed by atoms with E-state index < -0.39 is 0 Å².